The van der Waals surface area contributed by atoms with E-state index in [-0.39, 0.29) is 0 Å². The zero-order valence-electron chi connectivity index (χ0n) is 10.1. The van der Waals surface area contributed by atoms with Gasteiger partial charge in [0.05, 0.1) is 5.69 Å². The lowest BCUT2D eigenvalue weighted by Gasteiger charge is -2.02. The number of thioether (sulfide) groups is 1. The van der Waals surface area contributed by atoms with Gasteiger partial charge in [0.2, 0.25) is 0 Å². The molecule has 2 heteroatoms. The number of benzene rings is 1. The lowest BCUT2D eigenvalue weighted by Crippen LogP contribution is -1.78. The van der Waals surface area contributed by atoms with Gasteiger partial charge in [-0.2, -0.15) is 0 Å². The van der Waals surface area contributed by atoms with Crippen molar-refractivity contribution in [3.63, 3.8) is 0 Å². The molecule has 0 unspecified atom stereocenters. The molecular weight excluding hydrogens is 238 g/mol. The van der Waals surface area contributed by atoms with E-state index in [0.29, 0.717) is 0 Å². The molecule has 1 aromatic rings. The third-order valence-corrected chi connectivity index (χ3v) is 3.80. The summed E-state index contributed by atoms with van der Waals surface area (Å²) in [6, 6.07) is 18.8. The minimum atomic E-state index is 1.09. The standard InChI is InChI=1S/C16H13NS/c1-18-15-10-6-5-9-13-14(11-17-16(13)15)12-7-3-2-4-8-12/h2-11H,1H3. The van der Waals surface area contributed by atoms with Crippen molar-refractivity contribution in [1.82, 2.24) is 4.98 Å². The lowest BCUT2D eigenvalue weighted by molar-refractivity contribution is 1.33. The second-order valence-corrected chi connectivity index (χ2v) is 4.93. The van der Waals surface area contributed by atoms with Gasteiger partial charge in [-0.15, -0.1) is 11.8 Å². The van der Waals surface area contributed by atoms with Crippen molar-refractivity contribution in [3.8, 4) is 22.4 Å². The number of hydrogen-bond acceptors (Lipinski definition) is 2. The molecule has 0 amide bonds. The molecule has 0 saturated heterocycles. The molecule has 1 heterocycles. The lowest BCUT2D eigenvalue weighted by atomic mass is 10.0. The topological polar surface area (TPSA) is 12.9 Å². The van der Waals surface area contributed by atoms with Gasteiger partial charge in [0.25, 0.3) is 0 Å². The Morgan fingerprint density at radius 3 is 2.33 bits per heavy atom. The van der Waals surface area contributed by atoms with Crippen LogP contribution in [0.15, 0.2) is 65.7 Å². The Morgan fingerprint density at radius 2 is 1.56 bits per heavy atom. The minimum absolute atomic E-state index is 1.09. The predicted molar refractivity (Wildman–Crippen MR) is 78.1 cm³/mol. The summed E-state index contributed by atoms with van der Waals surface area (Å²) >= 11 is 1.74. The highest BCUT2D eigenvalue weighted by Crippen LogP contribution is 2.37. The number of fused-ring (bicyclic) bond motifs is 1. The van der Waals surface area contributed by atoms with Gasteiger partial charge in [-0.05, 0) is 17.9 Å². The Balaban J connectivity index is 2.21. The van der Waals surface area contributed by atoms with Gasteiger partial charge in [-0.3, -0.25) is 4.98 Å². The Hall–Kier alpha value is -1.80. The number of hydrogen-bond donors (Lipinski definition) is 0. The molecule has 1 aliphatic heterocycles. The van der Waals surface area contributed by atoms with Crippen molar-refractivity contribution in [3.05, 3.63) is 60.8 Å². The maximum Gasteiger partial charge on any atom is 0.0844 e. The van der Waals surface area contributed by atoms with Crippen LogP contribution in [0.1, 0.15) is 0 Å². The van der Waals surface area contributed by atoms with Crippen LogP contribution < -0.4 is 0 Å². The summed E-state index contributed by atoms with van der Waals surface area (Å²) in [4.78, 5) is 5.80. The summed E-state index contributed by atoms with van der Waals surface area (Å²) in [7, 11) is 0. The van der Waals surface area contributed by atoms with Crippen LogP contribution in [0, 0.1) is 0 Å². The smallest absolute Gasteiger partial charge is 0.0844 e. The summed E-state index contributed by atoms with van der Waals surface area (Å²) in [5, 5.41) is 0. The molecule has 88 valence electrons. The third kappa shape index (κ3) is 1.89. The van der Waals surface area contributed by atoms with Crippen LogP contribution in [0.3, 0.4) is 0 Å². The maximum atomic E-state index is 4.58. The van der Waals surface area contributed by atoms with Crippen molar-refractivity contribution < 1.29 is 0 Å². The zero-order chi connectivity index (χ0) is 12.4. The number of nitrogens with zero attached hydrogens (tertiary/aromatic N) is 1. The first-order chi connectivity index (χ1) is 8.90. The quantitative estimate of drug-likeness (QED) is 0.618. The highest BCUT2D eigenvalue weighted by Gasteiger charge is 2.14. The Labute approximate surface area is 111 Å². The summed E-state index contributed by atoms with van der Waals surface area (Å²) in [6.45, 7) is 0. The monoisotopic (exact) mass is 251 g/mol. The fourth-order valence-electron chi connectivity index (χ4n) is 2.15. The highest BCUT2D eigenvalue weighted by molar-refractivity contribution is 7.98. The molecule has 2 aliphatic rings. The number of aromatic nitrogens is 1. The largest absolute Gasteiger partial charge is 0.254 e. The van der Waals surface area contributed by atoms with Gasteiger partial charge < -0.3 is 0 Å². The van der Waals surface area contributed by atoms with Crippen molar-refractivity contribution in [2.75, 3.05) is 6.26 Å². The van der Waals surface area contributed by atoms with E-state index in [0.717, 1.165) is 5.69 Å². The summed E-state index contributed by atoms with van der Waals surface area (Å²) in [6.07, 6.45) is 4.06. The summed E-state index contributed by atoms with van der Waals surface area (Å²) in [5.74, 6) is 0. The van der Waals surface area contributed by atoms with E-state index in [2.05, 4.69) is 59.8 Å². The van der Waals surface area contributed by atoms with Crippen LogP contribution >= 0.6 is 11.8 Å². The molecule has 0 atom stereocenters. The van der Waals surface area contributed by atoms with E-state index in [1.54, 1.807) is 11.8 Å². The Kier molecular flexibility index (Phi) is 3.03. The Morgan fingerprint density at radius 1 is 0.833 bits per heavy atom. The average Bonchev–Trinajstić information content (AvgIpc) is 2.73. The molecule has 0 spiro atoms. The van der Waals surface area contributed by atoms with Crippen molar-refractivity contribution in [2.24, 2.45) is 0 Å². The summed E-state index contributed by atoms with van der Waals surface area (Å²) < 4.78 is 0. The molecule has 0 N–H and O–H groups in total. The fourth-order valence-corrected chi connectivity index (χ4v) is 2.72. The van der Waals surface area contributed by atoms with E-state index in [4.69, 9.17) is 0 Å². The van der Waals surface area contributed by atoms with Crippen LogP contribution in [-0.4, -0.2) is 11.2 Å². The molecule has 0 aromatic heterocycles. The van der Waals surface area contributed by atoms with E-state index < -0.39 is 0 Å². The van der Waals surface area contributed by atoms with E-state index in [1.165, 1.54) is 21.6 Å². The second kappa shape index (κ2) is 4.83. The normalized spacial score (nSPS) is 10.7. The van der Waals surface area contributed by atoms with Crippen molar-refractivity contribution >= 4 is 11.8 Å². The molecule has 0 fully saturated rings. The van der Waals surface area contributed by atoms with Crippen LogP contribution in [0.25, 0.3) is 22.4 Å². The zero-order valence-corrected chi connectivity index (χ0v) is 10.9. The fraction of sp³-hybridized carbons (Fsp3) is 0.0625. The maximum absolute atomic E-state index is 4.58. The Bertz CT molecular complexity index is 634. The van der Waals surface area contributed by atoms with Gasteiger partial charge >= 0.3 is 0 Å². The van der Waals surface area contributed by atoms with Gasteiger partial charge in [0, 0.05) is 22.2 Å². The summed E-state index contributed by atoms with van der Waals surface area (Å²) in [5.41, 5.74) is 4.73. The average molecular weight is 251 g/mol. The molecule has 0 radical (unpaired) electrons. The van der Waals surface area contributed by atoms with Crippen LogP contribution in [0.2, 0.25) is 0 Å². The van der Waals surface area contributed by atoms with E-state index in [9.17, 15) is 0 Å². The molecular formula is C16H13NS. The van der Waals surface area contributed by atoms with Crippen molar-refractivity contribution in [1.29, 1.82) is 0 Å². The molecule has 1 nitrogen and oxygen atoms in total. The molecule has 18 heavy (non-hydrogen) atoms. The molecule has 1 aliphatic carbocycles. The van der Waals surface area contributed by atoms with Crippen LogP contribution in [0.5, 0.6) is 0 Å². The first kappa shape index (κ1) is 11.3. The minimum Gasteiger partial charge on any atom is -0.254 e. The van der Waals surface area contributed by atoms with Gasteiger partial charge in [0.15, 0.2) is 0 Å². The van der Waals surface area contributed by atoms with Crippen LogP contribution in [-0.2, 0) is 0 Å². The molecule has 3 rings (SSSR count). The van der Waals surface area contributed by atoms with Gasteiger partial charge in [0.1, 0.15) is 0 Å². The highest BCUT2D eigenvalue weighted by atomic mass is 32.2. The third-order valence-electron chi connectivity index (χ3n) is 3.03. The number of rotatable bonds is 2. The van der Waals surface area contributed by atoms with Crippen molar-refractivity contribution in [2.45, 2.75) is 4.90 Å². The second-order valence-electron chi connectivity index (χ2n) is 4.09. The molecule has 1 aromatic carbocycles. The van der Waals surface area contributed by atoms with E-state index >= 15 is 0 Å². The van der Waals surface area contributed by atoms with Gasteiger partial charge in [-0.25, -0.2) is 0 Å². The first-order valence-electron chi connectivity index (χ1n) is 5.87. The van der Waals surface area contributed by atoms with Crippen LogP contribution in [0.4, 0.5) is 0 Å². The predicted octanol–water partition coefficient (Wildman–Crippen LogP) is 4.58. The first-order valence-corrected chi connectivity index (χ1v) is 7.10. The van der Waals surface area contributed by atoms with E-state index in [1.807, 2.05) is 12.3 Å². The molecule has 0 saturated carbocycles. The molecule has 0 bridgehead atoms. The SMILES string of the molecule is CSc1ccccc2c(-c3ccccc3)cnc1-2. The van der Waals surface area contributed by atoms with Gasteiger partial charge in [-0.1, -0.05) is 48.5 Å².